The van der Waals surface area contributed by atoms with E-state index in [9.17, 15) is 4.79 Å². The van der Waals surface area contributed by atoms with Crippen LogP contribution in [0.2, 0.25) is 0 Å². The Morgan fingerprint density at radius 2 is 2.11 bits per heavy atom. The molecule has 6 nitrogen and oxygen atoms in total. The number of carbonyl (C=O) groups is 1. The lowest BCUT2D eigenvalue weighted by atomic mass is 10.1. The zero-order chi connectivity index (χ0) is 19.4. The lowest BCUT2D eigenvalue weighted by Gasteiger charge is -2.12. The van der Waals surface area contributed by atoms with Crippen LogP contribution in [0.5, 0.6) is 0 Å². The van der Waals surface area contributed by atoms with Crippen molar-refractivity contribution in [3.05, 3.63) is 64.3 Å². The molecule has 8 heteroatoms. The van der Waals surface area contributed by atoms with Crippen molar-refractivity contribution in [3.8, 4) is 0 Å². The Bertz CT molecular complexity index is 964. The number of nitrogens with zero attached hydrogens (tertiary/aromatic N) is 2. The number of rotatable bonds is 5. The highest BCUT2D eigenvalue weighted by Gasteiger charge is 2.20. The van der Waals surface area contributed by atoms with Crippen molar-refractivity contribution >= 4 is 45.3 Å². The third-order valence-corrected chi connectivity index (χ3v) is 5.42. The van der Waals surface area contributed by atoms with Crippen LogP contribution in [0, 0.1) is 13.8 Å². The van der Waals surface area contributed by atoms with E-state index in [0.29, 0.717) is 22.2 Å². The monoisotopic (exact) mass is 400 g/mol. The Morgan fingerprint density at radius 1 is 1.30 bits per heavy atom. The lowest BCUT2D eigenvalue weighted by molar-refractivity contribution is 0.0601. The number of hydrogen-bond donors (Lipinski definition) is 2. The standard InChI is InChI=1S/C19H20N4O2S2/c1-12-13(2)27-17(16(12)18(24)25-3)22-19(26)21-15-7-4-6-14(10-15)11-23-9-5-8-20-23/h4-10H,11H2,1-3H3,(H2,21,22,26). The van der Waals surface area contributed by atoms with Gasteiger partial charge in [-0.1, -0.05) is 12.1 Å². The number of esters is 1. The number of nitrogens with one attached hydrogen (secondary N) is 2. The summed E-state index contributed by atoms with van der Waals surface area (Å²) in [5.41, 5.74) is 3.39. The predicted octanol–water partition coefficient (Wildman–Crippen LogP) is 4.21. The molecule has 0 saturated carbocycles. The molecule has 0 spiro atoms. The van der Waals surface area contributed by atoms with Crippen LogP contribution >= 0.6 is 23.6 Å². The van der Waals surface area contributed by atoms with Gasteiger partial charge in [0.25, 0.3) is 0 Å². The van der Waals surface area contributed by atoms with E-state index in [1.54, 1.807) is 6.20 Å². The van der Waals surface area contributed by atoms with Gasteiger partial charge in [-0.05, 0) is 55.4 Å². The van der Waals surface area contributed by atoms with Crippen LogP contribution in [-0.4, -0.2) is 28.0 Å². The number of aromatic nitrogens is 2. The van der Waals surface area contributed by atoms with Gasteiger partial charge in [0.15, 0.2) is 5.11 Å². The molecule has 0 bridgehead atoms. The minimum atomic E-state index is -0.372. The molecular formula is C19H20N4O2S2. The molecule has 0 aliphatic heterocycles. The number of methoxy groups -OCH3 is 1. The summed E-state index contributed by atoms with van der Waals surface area (Å²) in [4.78, 5) is 13.1. The molecule has 2 N–H and O–H groups in total. The maximum Gasteiger partial charge on any atom is 0.341 e. The molecular weight excluding hydrogens is 380 g/mol. The van der Waals surface area contributed by atoms with Crippen molar-refractivity contribution in [3.63, 3.8) is 0 Å². The van der Waals surface area contributed by atoms with E-state index in [1.165, 1.54) is 18.4 Å². The summed E-state index contributed by atoms with van der Waals surface area (Å²) in [6, 6.07) is 9.84. The van der Waals surface area contributed by atoms with Gasteiger partial charge in [0.05, 0.1) is 19.2 Å². The second kappa shape index (κ2) is 8.32. The highest BCUT2D eigenvalue weighted by Crippen LogP contribution is 2.33. The van der Waals surface area contributed by atoms with Crippen molar-refractivity contribution in [1.29, 1.82) is 0 Å². The van der Waals surface area contributed by atoms with Gasteiger partial charge in [-0.15, -0.1) is 11.3 Å². The number of aryl methyl sites for hydroxylation is 1. The van der Waals surface area contributed by atoms with Gasteiger partial charge in [-0.2, -0.15) is 5.10 Å². The van der Waals surface area contributed by atoms with Gasteiger partial charge in [0, 0.05) is 23.0 Å². The molecule has 0 saturated heterocycles. The second-order valence-electron chi connectivity index (χ2n) is 5.96. The first-order chi connectivity index (χ1) is 13.0. The zero-order valence-corrected chi connectivity index (χ0v) is 16.9. The van der Waals surface area contributed by atoms with Gasteiger partial charge in [-0.3, -0.25) is 4.68 Å². The lowest BCUT2D eigenvalue weighted by Crippen LogP contribution is -2.20. The molecule has 0 amide bonds. The Balaban J connectivity index is 1.71. The first-order valence-corrected chi connectivity index (χ1v) is 9.53. The number of benzene rings is 1. The highest BCUT2D eigenvalue weighted by atomic mass is 32.1. The van der Waals surface area contributed by atoms with E-state index in [4.69, 9.17) is 17.0 Å². The summed E-state index contributed by atoms with van der Waals surface area (Å²) in [6.45, 7) is 4.55. The van der Waals surface area contributed by atoms with Gasteiger partial charge < -0.3 is 15.4 Å². The number of carbonyl (C=O) groups excluding carboxylic acids is 1. The number of hydrogen-bond acceptors (Lipinski definition) is 5. The fraction of sp³-hybridized carbons (Fsp3) is 0.211. The van der Waals surface area contributed by atoms with Crippen molar-refractivity contribution in [2.45, 2.75) is 20.4 Å². The minimum Gasteiger partial charge on any atom is -0.465 e. The molecule has 27 heavy (non-hydrogen) atoms. The summed E-state index contributed by atoms with van der Waals surface area (Å²) in [7, 11) is 1.38. The number of anilines is 2. The SMILES string of the molecule is COC(=O)c1c(NC(=S)Nc2cccc(Cn3cccn3)c2)sc(C)c1C. The quantitative estimate of drug-likeness (QED) is 0.494. The van der Waals surface area contributed by atoms with Gasteiger partial charge in [0.2, 0.25) is 0 Å². The topological polar surface area (TPSA) is 68.2 Å². The Hall–Kier alpha value is -2.71. The number of ether oxygens (including phenoxy) is 1. The fourth-order valence-corrected chi connectivity index (χ4v) is 3.99. The van der Waals surface area contributed by atoms with Crippen molar-refractivity contribution in [2.75, 3.05) is 17.7 Å². The maximum absolute atomic E-state index is 12.1. The second-order valence-corrected chi connectivity index (χ2v) is 7.60. The number of thiocarbonyl (C=S) groups is 1. The van der Waals surface area contributed by atoms with E-state index >= 15 is 0 Å². The Morgan fingerprint density at radius 3 is 2.81 bits per heavy atom. The third kappa shape index (κ3) is 4.53. The summed E-state index contributed by atoms with van der Waals surface area (Å²) in [5, 5.41) is 11.6. The van der Waals surface area contributed by atoms with Gasteiger partial charge in [0.1, 0.15) is 5.00 Å². The smallest absolute Gasteiger partial charge is 0.341 e. The summed E-state index contributed by atoms with van der Waals surface area (Å²) in [5.74, 6) is -0.372. The molecule has 0 aliphatic rings. The van der Waals surface area contributed by atoms with Gasteiger partial charge in [-0.25, -0.2) is 4.79 Å². The molecule has 0 atom stereocenters. The van der Waals surface area contributed by atoms with E-state index in [0.717, 1.165) is 21.7 Å². The normalized spacial score (nSPS) is 10.5. The molecule has 0 fully saturated rings. The molecule has 0 aliphatic carbocycles. The van der Waals surface area contributed by atoms with Gasteiger partial charge >= 0.3 is 5.97 Å². The Kier molecular flexibility index (Phi) is 5.88. The molecule has 140 valence electrons. The van der Waals surface area contributed by atoms with E-state index in [-0.39, 0.29) is 5.97 Å². The van der Waals surface area contributed by atoms with Crippen molar-refractivity contribution < 1.29 is 9.53 Å². The molecule has 0 radical (unpaired) electrons. The first kappa shape index (κ1) is 19.1. The molecule has 2 heterocycles. The molecule has 2 aromatic heterocycles. The predicted molar refractivity (Wildman–Crippen MR) is 113 cm³/mol. The molecule has 0 unspecified atom stereocenters. The highest BCUT2D eigenvalue weighted by molar-refractivity contribution is 7.80. The molecule has 3 aromatic rings. The molecule has 3 rings (SSSR count). The van der Waals surface area contributed by atoms with E-state index in [2.05, 4.69) is 15.7 Å². The van der Waals surface area contributed by atoms with E-state index < -0.39 is 0 Å². The van der Waals surface area contributed by atoms with Crippen LogP contribution in [0.4, 0.5) is 10.7 Å². The average Bonchev–Trinajstić information content (AvgIpc) is 3.23. The van der Waals surface area contributed by atoms with Crippen LogP contribution in [0.15, 0.2) is 42.7 Å². The zero-order valence-electron chi connectivity index (χ0n) is 15.3. The average molecular weight is 401 g/mol. The third-order valence-electron chi connectivity index (χ3n) is 4.09. The Labute approximate surface area is 167 Å². The van der Waals surface area contributed by atoms with Crippen LogP contribution in [0.3, 0.4) is 0 Å². The first-order valence-electron chi connectivity index (χ1n) is 8.30. The van der Waals surface area contributed by atoms with Crippen LogP contribution in [-0.2, 0) is 11.3 Å². The number of thiophene rings is 1. The minimum absolute atomic E-state index is 0.372. The summed E-state index contributed by atoms with van der Waals surface area (Å²) < 4.78 is 6.75. The maximum atomic E-state index is 12.1. The fourth-order valence-electron chi connectivity index (χ4n) is 2.66. The van der Waals surface area contributed by atoms with Crippen LogP contribution in [0.25, 0.3) is 0 Å². The van der Waals surface area contributed by atoms with Crippen LogP contribution in [0.1, 0.15) is 26.4 Å². The summed E-state index contributed by atoms with van der Waals surface area (Å²) >= 11 is 6.91. The van der Waals surface area contributed by atoms with Crippen LogP contribution < -0.4 is 10.6 Å². The largest absolute Gasteiger partial charge is 0.465 e. The van der Waals surface area contributed by atoms with E-state index in [1.807, 2.05) is 55.1 Å². The summed E-state index contributed by atoms with van der Waals surface area (Å²) in [6.07, 6.45) is 3.67. The molecule has 1 aromatic carbocycles. The van der Waals surface area contributed by atoms with Crippen molar-refractivity contribution in [2.24, 2.45) is 0 Å². The van der Waals surface area contributed by atoms with Crippen molar-refractivity contribution in [1.82, 2.24) is 9.78 Å².